The van der Waals surface area contributed by atoms with Crippen LogP contribution in [-0.4, -0.2) is 39.6 Å². The van der Waals surface area contributed by atoms with Gasteiger partial charge in [-0.25, -0.2) is 4.99 Å². The minimum atomic E-state index is -1.11. The van der Waals surface area contributed by atoms with Gasteiger partial charge in [0.1, 0.15) is 11.9 Å². The molecule has 2 aliphatic heterocycles. The molecular formula is C22H20Cl2N4O4. The van der Waals surface area contributed by atoms with Crippen LogP contribution in [0.3, 0.4) is 0 Å². The van der Waals surface area contributed by atoms with Crippen LogP contribution in [-0.2, 0) is 16.1 Å². The molecule has 0 aliphatic carbocycles. The second-order valence-electron chi connectivity index (χ2n) is 7.61. The number of imide groups is 1. The largest absolute Gasteiger partial charge is 0.369 e. The molecule has 3 amide bonds. The van der Waals surface area contributed by atoms with Gasteiger partial charge in [-0.3, -0.25) is 19.7 Å². The average molecular weight is 475 g/mol. The standard InChI is InChI=1S/C22H20Cl2N4O4/c1-11-26-17-5-2-12(10-25-20(30)13-3-4-15(23)16(24)9-13)8-14(17)22(32)28(11)18-6-7-19(29)27-21(18)31/h2-5,8-9,18,22,32H,6-7,10H2,1H3,(H,25,30)(H,27,29,31). The summed E-state index contributed by atoms with van der Waals surface area (Å²) in [6, 6.07) is 9.23. The number of rotatable bonds is 4. The van der Waals surface area contributed by atoms with E-state index < -0.39 is 18.2 Å². The van der Waals surface area contributed by atoms with Crippen molar-refractivity contribution in [1.82, 2.24) is 15.5 Å². The highest BCUT2D eigenvalue weighted by atomic mass is 35.5. The van der Waals surface area contributed by atoms with Crippen LogP contribution >= 0.6 is 23.2 Å². The summed E-state index contributed by atoms with van der Waals surface area (Å²) in [6.45, 7) is 1.92. The highest BCUT2D eigenvalue weighted by molar-refractivity contribution is 6.42. The lowest BCUT2D eigenvalue weighted by Crippen LogP contribution is -2.55. The molecule has 0 bridgehead atoms. The zero-order valence-corrected chi connectivity index (χ0v) is 18.6. The summed E-state index contributed by atoms with van der Waals surface area (Å²) in [5, 5.41) is 16.8. The van der Waals surface area contributed by atoms with E-state index in [-0.39, 0.29) is 29.8 Å². The third-order valence-corrected chi connectivity index (χ3v) is 6.21. The van der Waals surface area contributed by atoms with Crippen LogP contribution in [0.25, 0.3) is 0 Å². The van der Waals surface area contributed by atoms with Crippen molar-refractivity contribution < 1.29 is 19.5 Å². The molecule has 0 aromatic heterocycles. The normalized spacial score (nSPS) is 20.4. The maximum absolute atomic E-state index is 12.4. The minimum Gasteiger partial charge on any atom is -0.369 e. The number of benzene rings is 2. The topological polar surface area (TPSA) is 111 Å². The number of halogens is 2. The van der Waals surface area contributed by atoms with Gasteiger partial charge in [-0.15, -0.1) is 0 Å². The lowest BCUT2D eigenvalue weighted by atomic mass is 9.99. The van der Waals surface area contributed by atoms with E-state index in [1.165, 1.54) is 11.0 Å². The highest BCUT2D eigenvalue weighted by Gasteiger charge is 2.38. The summed E-state index contributed by atoms with van der Waals surface area (Å²) in [7, 11) is 0. The van der Waals surface area contributed by atoms with Crippen molar-refractivity contribution in [3.63, 3.8) is 0 Å². The van der Waals surface area contributed by atoms with Gasteiger partial charge in [0.15, 0.2) is 6.23 Å². The monoisotopic (exact) mass is 474 g/mol. The first kappa shape index (κ1) is 22.3. The number of amidine groups is 1. The molecule has 0 spiro atoms. The number of aliphatic hydroxyl groups excluding tert-OH is 1. The Hall–Kier alpha value is -2.94. The van der Waals surface area contributed by atoms with E-state index in [2.05, 4.69) is 15.6 Å². The fourth-order valence-electron chi connectivity index (χ4n) is 3.85. The molecule has 8 nitrogen and oxygen atoms in total. The molecule has 2 heterocycles. The lowest BCUT2D eigenvalue weighted by molar-refractivity contribution is -0.139. The van der Waals surface area contributed by atoms with Gasteiger partial charge < -0.3 is 15.3 Å². The van der Waals surface area contributed by atoms with Crippen molar-refractivity contribution in [3.05, 3.63) is 63.1 Å². The van der Waals surface area contributed by atoms with Gasteiger partial charge in [0, 0.05) is 24.1 Å². The molecule has 0 radical (unpaired) electrons. The van der Waals surface area contributed by atoms with Crippen LogP contribution in [0.1, 0.15) is 47.5 Å². The molecule has 2 aromatic carbocycles. The number of aliphatic imine (C=N–C) groups is 1. The molecule has 166 valence electrons. The summed E-state index contributed by atoms with van der Waals surface area (Å²) < 4.78 is 0. The Balaban J connectivity index is 1.51. The van der Waals surface area contributed by atoms with Crippen LogP contribution in [0.4, 0.5) is 5.69 Å². The molecule has 4 rings (SSSR count). The van der Waals surface area contributed by atoms with Gasteiger partial charge in [-0.05, 0) is 49.2 Å². The smallest absolute Gasteiger partial charge is 0.251 e. The Morgan fingerprint density at radius 1 is 1.22 bits per heavy atom. The van der Waals surface area contributed by atoms with Crippen LogP contribution in [0, 0.1) is 0 Å². The maximum atomic E-state index is 12.4. The number of nitrogens with zero attached hydrogens (tertiary/aromatic N) is 2. The van der Waals surface area contributed by atoms with E-state index in [4.69, 9.17) is 23.2 Å². The second-order valence-corrected chi connectivity index (χ2v) is 8.43. The number of amides is 3. The van der Waals surface area contributed by atoms with E-state index in [9.17, 15) is 19.5 Å². The fraction of sp³-hybridized carbons (Fsp3) is 0.273. The number of carbonyl (C=O) groups is 3. The van der Waals surface area contributed by atoms with Crippen molar-refractivity contribution in [2.24, 2.45) is 4.99 Å². The fourth-order valence-corrected chi connectivity index (χ4v) is 4.14. The number of hydrogen-bond acceptors (Lipinski definition) is 6. The Morgan fingerprint density at radius 2 is 2.00 bits per heavy atom. The van der Waals surface area contributed by atoms with E-state index in [1.807, 2.05) is 0 Å². The number of piperidine rings is 1. The molecule has 2 aliphatic rings. The van der Waals surface area contributed by atoms with Crippen molar-refractivity contribution >= 4 is 52.4 Å². The van der Waals surface area contributed by atoms with Gasteiger partial charge in [0.25, 0.3) is 5.91 Å². The van der Waals surface area contributed by atoms with Gasteiger partial charge in [-0.1, -0.05) is 29.3 Å². The highest BCUT2D eigenvalue weighted by Crippen LogP contribution is 2.36. The third-order valence-electron chi connectivity index (χ3n) is 5.47. The number of fused-ring (bicyclic) bond motifs is 1. The van der Waals surface area contributed by atoms with Gasteiger partial charge in [0.2, 0.25) is 11.8 Å². The zero-order valence-electron chi connectivity index (χ0n) is 17.1. The molecular weight excluding hydrogens is 455 g/mol. The van der Waals surface area contributed by atoms with Crippen molar-refractivity contribution in [2.75, 3.05) is 0 Å². The van der Waals surface area contributed by atoms with Crippen molar-refractivity contribution in [3.8, 4) is 0 Å². The van der Waals surface area contributed by atoms with Gasteiger partial charge in [0.05, 0.1) is 15.7 Å². The first-order valence-corrected chi connectivity index (χ1v) is 10.7. The molecule has 1 saturated heterocycles. The first-order chi connectivity index (χ1) is 15.2. The van der Waals surface area contributed by atoms with E-state index >= 15 is 0 Å². The summed E-state index contributed by atoms with van der Waals surface area (Å²) >= 11 is 11.9. The number of hydrogen-bond donors (Lipinski definition) is 3. The van der Waals surface area contributed by atoms with E-state index in [0.29, 0.717) is 34.1 Å². The number of aliphatic hydroxyl groups is 1. The number of nitrogens with one attached hydrogen (secondary N) is 2. The van der Waals surface area contributed by atoms with Crippen LogP contribution in [0.5, 0.6) is 0 Å². The average Bonchev–Trinajstić information content (AvgIpc) is 2.75. The molecule has 3 N–H and O–H groups in total. The van der Waals surface area contributed by atoms with Crippen LogP contribution in [0.2, 0.25) is 10.0 Å². The summed E-state index contributed by atoms with van der Waals surface area (Å²) in [4.78, 5) is 42.3. The van der Waals surface area contributed by atoms with Crippen LogP contribution < -0.4 is 10.6 Å². The Kier molecular flexibility index (Phi) is 6.19. The first-order valence-electron chi connectivity index (χ1n) is 9.96. The van der Waals surface area contributed by atoms with Crippen molar-refractivity contribution in [2.45, 2.75) is 38.6 Å². The maximum Gasteiger partial charge on any atom is 0.251 e. The predicted octanol–water partition coefficient (Wildman–Crippen LogP) is 3.09. The van der Waals surface area contributed by atoms with Crippen molar-refractivity contribution in [1.29, 1.82) is 0 Å². The molecule has 1 fully saturated rings. The summed E-state index contributed by atoms with van der Waals surface area (Å²) in [5.41, 5.74) is 2.22. The number of carbonyl (C=O) groups excluding carboxylic acids is 3. The molecule has 2 aromatic rings. The van der Waals surface area contributed by atoms with Gasteiger partial charge >= 0.3 is 0 Å². The SMILES string of the molecule is CC1=Nc2ccc(CNC(=O)c3ccc(Cl)c(Cl)c3)cc2C(O)N1C1CCC(=O)NC1=O. The molecule has 2 atom stereocenters. The molecule has 32 heavy (non-hydrogen) atoms. The predicted molar refractivity (Wildman–Crippen MR) is 120 cm³/mol. The molecule has 10 heteroatoms. The Bertz CT molecular complexity index is 1150. The Labute approximate surface area is 194 Å². The van der Waals surface area contributed by atoms with E-state index in [1.54, 1.807) is 37.3 Å². The lowest BCUT2D eigenvalue weighted by Gasteiger charge is -2.40. The third kappa shape index (κ3) is 4.34. The van der Waals surface area contributed by atoms with Crippen LogP contribution in [0.15, 0.2) is 41.4 Å². The van der Waals surface area contributed by atoms with Gasteiger partial charge in [-0.2, -0.15) is 0 Å². The molecule has 2 unspecified atom stereocenters. The quantitative estimate of drug-likeness (QED) is 0.589. The summed E-state index contributed by atoms with van der Waals surface area (Å²) in [5.74, 6) is -0.614. The zero-order chi connectivity index (χ0) is 23.0. The minimum absolute atomic E-state index is 0.195. The molecule has 0 saturated carbocycles. The second kappa shape index (κ2) is 8.90. The van der Waals surface area contributed by atoms with E-state index in [0.717, 1.165) is 5.56 Å². The Morgan fingerprint density at radius 3 is 2.72 bits per heavy atom. The summed E-state index contributed by atoms with van der Waals surface area (Å²) in [6.07, 6.45) is -0.624.